The first kappa shape index (κ1) is 24.4. The number of aliphatic hydroxyl groups excluding tert-OH is 1. The van der Waals surface area contributed by atoms with E-state index in [2.05, 4.69) is 21.3 Å². The molecule has 10 nitrogen and oxygen atoms in total. The molecule has 1 unspecified atom stereocenters. The summed E-state index contributed by atoms with van der Waals surface area (Å²) in [6.45, 7) is 3.17. The van der Waals surface area contributed by atoms with Gasteiger partial charge in [-0.15, -0.1) is 0 Å². The van der Waals surface area contributed by atoms with Gasteiger partial charge in [0.1, 0.15) is 23.9 Å². The summed E-state index contributed by atoms with van der Waals surface area (Å²) in [4.78, 5) is 50.6. The number of carbonyl (C=O) groups is 3. The van der Waals surface area contributed by atoms with Gasteiger partial charge in [-0.1, -0.05) is 6.07 Å². The van der Waals surface area contributed by atoms with Gasteiger partial charge in [-0.3, -0.25) is 29.6 Å². The van der Waals surface area contributed by atoms with E-state index >= 15 is 0 Å². The molecule has 196 valence electrons. The van der Waals surface area contributed by atoms with E-state index in [0.29, 0.717) is 29.8 Å². The maximum absolute atomic E-state index is 13.1. The zero-order valence-electron chi connectivity index (χ0n) is 21.0. The highest BCUT2D eigenvalue weighted by Crippen LogP contribution is 2.34. The van der Waals surface area contributed by atoms with Crippen molar-refractivity contribution in [2.75, 3.05) is 26.3 Å². The molecule has 1 aromatic carbocycles. The number of amides is 3. The number of likely N-dealkylation sites (tertiary alicyclic amines) is 1. The third kappa shape index (κ3) is 4.50. The lowest BCUT2D eigenvalue weighted by Gasteiger charge is -2.29. The lowest BCUT2D eigenvalue weighted by Crippen LogP contribution is -2.52. The molecule has 3 aromatic rings. The predicted octanol–water partition coefficient (Wildman–Crippen LogP) is 2.02. The highest BCUT2D eigenvalue weighted by molar-refractivity contribution is 6.05. The number of fused-ring (bicyclic) bond motifs is 2. The third-order valence-corrected chi connectivity index (χ3v) is 7.50. The van der Waals surface area contributed by atoms with E-state index in [1.165, 1.54) is 12.8 Å². The summed E-state index contributed by atoms with van der Waals surface area (Å²) in [6, 6.07) is 8.78. The minimum Gasteiger partial charge on any atom is -0.489 e. The summed E-state index contributed by atoms with van der Waals surface area (Å²) in [6.07, 6.45) is 4.60. The lowest BCUT2D eigenvalue weighted by atomic mass is 10.0. The summed E-state index contributed by atoms with van der Waals surface area (Å²) in [5.41, 5.74) is 5.42. The van der Waals surface area contributed by atoms with Gasteiger partial charge in [-0.25, -0.2) is 4.98 Å². The third-order valence-electron chi connectivity index (χ3n) is 7.50. The van der Waals surface area contributed by atoms with Gasteiger partial charge in [0.2, 0.25) is 11.8 Å². The van der Waals surface area contributed by atoms with Crippen LogP contribution in [-0.4, -0.2) is 74.9 Å². The molecule has 2 N–H and O–H groups in total. The molecule has 0 bridgehead atoms. The number of nitrogens with zero attached hydrogens (tertiary/aromatic N) is 4. The fourth-order valence-corrected chi connectivity index (χ4v) is 5.62. The summed E-state index contributed by atoms with van der Waals surface area (Å²) in [5, 5.41) is 11.6. The molecule has 1 atom stereocenters. The van der Waals surface area contributed by atoms with Gasteiger partial charge in [0.15, 0.2) is 0 Å². The monoisotopic (exact) mass is 515 g/mol. The standard InChI is InChI=1S/C28H29N5O5/c34-11-12-38-23-7-8-29-25-19(15-32-9-1-2-10-32)14-21(30-26(23)25)17-3-4-20-18(13-17)16-33(28(20)37)22-5-6-24(35)31-27(22)36/h3-4,7-8,13-14,22,34H,1-2,5-6,9-12,15-16H2,(H,31,35,36). The fourth-order valence-electron chi connectivity index (χ4n) is 5.62. The Morgan fingerprint density at radius 3 is 2.71 bits per heavy atom. The van der Waals surface area contributed by atoms with Crippen molar-refractivity contribution in [3.63, 3.8) is 0 Å². The van der Waals surface area contributed by atoms with Crippen LogP contribution in [-0.2, 0) is 22.7 Å². The quantitative estimate of drug-likeness (QED) is 0.458. The van der Waals surface area contributed by atoms with Gasteiger partial charge in [0.25, 0.3) is 5.91 Å². The number of aliphatic hydroxyl groups is 1. The van der Waals surface area contributed by atoms with Gasteiger partial charge >= 0.3 is 0 Å². The molecular weight excluding hydrogens is 486 g/mol. The number of aromatic nitrogens is 2. The first-order valence-corrected chi connectivity index (χ1v) is 13.0. The van der Waals surface area contributed by atoms with E-state index in [1.807, 2.05) is 12.1 Å². The largest absolute Gasteiger partial charge is 0.489 e. The van der Waals surface area contributed by atoms with Gasteiger partial charge in [0, 0.05) is 42.9 Å². The first-order valence-electron chi connectivity index (χ1n) is 13.0. The summed E-state index contributed by atoms with van der Waals surface area (Å²) in [7, 11) is 0. The van der Waals surface area contributed by atoms with E-state index in [4.69, 9.17) is 9.72 Å². The molecule has 5 heterocycles. The maximum atomic E-state index is 13.1. The molecule has 3 aliphatic heterocycles. The molecule has 0 radical (unpaired) electrons. The molecule has 3 amide bonds. The van der Waals surface area contributed by atoms with Crippen LogP contribution in [0.4, 0.5) is 0 Å². The number of hydrogen-bond donors (Lipinski definition) is 2. The highest BCUT2D eigenvalue weighted by Gasteiger charge is 2.39. The average Bonchev–Trinajstić information content (AvgIpc) is 3.55. The van der Waals surface area contributed by atoms with Crippen molar-refractivity contribution in [1.29, 1.82) is 0 Å². The minimum absolute atomic E-state index is 0.104. The fraction of sp³-hybridized carbons (Fsp3) is 0.393. The Hall–Kier alpha value is -3.89. The SMILES string of the molecule is O=C1CCC(N2Cc3cc(-c4cc(CN5CCCC5)c5nccc(OCCO)c5n4)ccc3C2=O)C(=O)N1. The number of piperidine rings is 1. The van der Waals surface area contributed by atoms with Crippen LogP contribution in [0.3, 0.4) is 0 Å². The number of hydrogen-bond acceptors (Lipinski definition) is 8. The lowest BCUT2D eigenvalue weighted by molar-refractivity contribution is -0.136. The number of imide groups is 1. The number of rotatable bonds is 7. The second-order valence-electron chi connectivity index (χ2n) is 10.0. The predicted molar refractivity (Wildman–Crippen MR) is 138 cm³/mol. The second-order valence-corrected chi connectivity index (χ2v) is 10.0. The number of pyridine rings is 2. The minimum atomic E-state index is -0.654. The smallest absolute Gasteiger partial charge is 0.255 e. The molecule has 38 heavy (non-hydrogen) atoms. The topological polar surface area (TPSA) is 125 Å². The van der Waals surface area contributed by atoms with Gasteiger partial charge < -0.3 is 14.7 Å². The van der Waals surface area contributed by atoms with E-state index in [1.54, 1.807) is 23.2 Å². The van der Waals surface area contributed by atoms with Crippen LogP contribution >= 0.6 is 0 Å². The van der Waals surface area contributed by atoms with Crippen LogP contribution in [0.5, 0.6) is 5.75 Å². The van der Waals surface area contributed by atoms with Crippen LogP contribution in [0.15, 0.2) is 36.5 Å². The van der Waals surface area contributed by atoms with Crippen LogP contribution in [0, 0.1) is 0 Å². The normalized spacial score (nSPS) is 19.8. The van der Waals surface area contributed by atoms with E-state index in [-0.39, 0.29) is 31.4 Å². The molecule has 2 aromatic heterocycles. The summed E-state index contributed by atoms with van der Waals surface area (Å²) >= 11 is 0. The summed E-state index contributed by atoms with van der Waals surface area (Å²) in [5.74, 6) is -0.366. The Balaban J connectivity index is 1.37. The molecule has 6 rings (SSSR count). The van der Waals surface area contributed by atoms with E-state index < -0.39 is 11.9 Å². The molecule has 0 spiro atoms. The van der Waals surface area contributed by atoms with Crippen molar-refractivity contribution in [3.8, 4) is 17.0 Å². The van der Waals surface area contributed by atoms with E-state index in [0.717, 1.165) is 47.5 Å². The molecular formula is C28H29N5O5. The first-order chi connectivity index (χ1) is 18.5. The molecule has 0 aliphatic carbocycles. The molecule has 10 heteroatoms. The van der Waals surface area contributed by atoms with Gasteiger partial charge in [0.05, 0.1) is 17.8 Å². The van der Waals surface area contributed by atoms with Crippen LogP contribution in [0.25, 0.3) is 22.3 Å². The Morgan fingerprint density at radius 2 is 1.92 bits per heavy atom. The Morgan fingerprint density at radius 1 is 1.08 bits per heavy atom. The zero-order chi connectivity index (χ0) is 26.2. The van der Waals surface area contributed by atoms with Crippen LogP contribution in [0.2, 0.25) is 0 Å². The zero-order valence-corrected chi connectivity index (χ0v) is 21.0. The van der Waals surface area contributed by atoms with Crippen molar-refractivity contribution in [2.24, 2.45) is 0 Å². The van der Waals surface area contributed by atoms with Gasteiger partial charge in [-0.05, 0) is 61.7 Å². The van der Waals surface area contributed by atoms with Crippen LogP contribution in [0.1, 0.15) is 47.2 Å². The number of ether oxygens (including phenoxy) is 1. The van der Waals surface area contributed by atoms with Crippen molar-refractivity contribution in [3.05, 3.63) is 53.2 Å². The Bertz CT molecular complexity index is 1430. The van der Waals surface area contributed by atoms with E-state index in [9.17, 15) is 19.5 Å². The molecule has 2 saturated heterocycles. The average molecular weight is 516 g/mol. The molecule has 3 aliphatic rings. The maximum Gasteiger partial charge on any atom is 0.255 e. The Kier molecular flexibility index (Phi) is 6.50. The van der Waals surface area contributed by atoms with Crippen molar-refractivity contribution in [2.45, 2.75) is 44.8 Å². The highest BCUT2D eigenvalue weighted by atomic mass is 16.5. The second kappa shape index (κ2) is 10.1. The number of benzene rings is 1. The molecule has 2 fully saturated rings. The Labute approximate surface area is 219 Å². The van der Waals surface area contributed by atoms with Crippen molar-refractivity contribution >= 4 is 28.8 Å². The number of nitrogens with one attached hydrogen (secondary N) is 1. The van der Waals surface area contributed by atoms with Crippen molar-refractivity contribution < 1.29 is 24.2 Å². The number of carbonyl (C=O) groups excluding carboxylic acids is 3. The summed E-state index contributed by atoms with van der Waals surface area (Å²) < 4.78 is 5.79. The van der Waals surface area contributed by atoms with Crippen LogP contribution < -0.4 is 10.1 Å². The molecule has 0 saturated carbocycles. The van der Waals surface area contributed by atoms with Crippen molar-refractivity contribution in [1.82, 2.24) is 25.1 Å². The van der Waals surface area contributed by atoms with Gasteiger partial charge in [-0.2, -0.15) is 0 Å².